The summed E-state index contributed by atoms with van der Waals surface area (Å²) >= 11 is 9.11. The first-order valence-electron chi connectivity index (χ1n) is 5.44. The van der Waals surface area contributed by atoms with E-state index in [1.807, 2.05) is 24.3 Å². The summed E-state index contributed by atoms with van der Waals surface area (Å²) in [7, 11) is 0. The first kappa shape index (κ1) is 12.3. The van der Waals surface area contributed by atoms with E-state index in [0.717, 1.165) is 15.6 Å². The predicted molar refractivity (Wildman–Crippen MR) is 75.7 cm³/mol. The molecule has 0 fully saturated rings. The fraction of sp³-hybridized carbons (Fsp3) is 0. The van der Waals surface area contributed by atoms with E-state index in [-0.39, 0.29) is 0 Å². The van der Waals surface area contributed by atoms with E-state index in [0.29, 0.717) is 16.9 Å². The van der Waals surface area contributed by atoms with Crippen LogP contribution in [0.4, 0.5) is 0 Å². The lowest BCUT2D eigenvalue weighted by molar-refractivity contribution is 0.432. The van der Waals surface area contributed by atoms with Crippen molar-refractivity contribution in [1.82, 2.24) is 15.1 Å². The fourth-order valence-corrected chi connectivity index (χ4v) is 1.94. The first-order valence-corrected chi connectivity index (χ1v) is 6.61. The smallest absolute Gasteiger partial charge is 0.259 e. The van der Waals surface area contributed by atoms with Gasteiger partial charge in [-0.15, -0.1) is 0 Å². The third kappa shape index (κ3) is 2.67. The Labute approximate surface area is 122 Å². The molecule has 0 bridgehead atoms. The minimum Gasteiger partial charge on any atom is -0.334 e. The maximum Gasteiger partial charge on any atom is 0.259 e. The maximum atomic E-state index is 5.73. The van der Waals surface area contributed by atoms with Gasteiger partial charge in [-0.05, 0) is 36.4 Å². The molecular formula is C13H7BrClN3O. The molecular weight excluding hydrogens is 330 g/mol. The normalized spacial score (nSPS) is 10.6. The second kappa shape index (κ2) is 5.11. The van der Waals surface area contributed by atoms with Crippen LogP contribution < -0.4 is 0 Å². The molecule has 0 atom stereocenters. The van der Waals surface area contributed by atoms with Gasteiger partial charge in [0.05, 0.1) is 5.56 Å². The highest BCUT2D eigenvalue weighted by Gasteiger charge is 2.10. The van der Waals surface area contributed by atoms with E-state index in [1.54, 1.807) is 18.3 Å². The van der Waals surface area contributed by atoms with Crippen molar-refractivity contribution < 1.29 is 4.52 Å². The fourth-order valence-electron chi connectivity index (χ4n) is 1.56. The number of halogens is 2. The van der Waals surface area contributed by atoms with E-state index in [4.69, 9.17) is 16.1 Å². The Morgan fingerprint density at radius 2 is 1.74 bits per heavy atom. The van der Waals surface area contributed by atoms with Crippen LogP contribution in [0.3, 0.4) is 0 Å². The lowest BCUT2D eigenvalue weighted by Gasteiger charge is -1.94. The van der Waals surface area contributed by atoms with Gasteiger partial charge in [-0.2, -0.15) is 4.98 Å². The van der Waals surface area contributed by atoms with Gasteiger partial charge < -0.3 is 4.52 Å². The summed E-state index contributed by atoms with van der Waals surface area (Å²) in [6.07, 6.45) is 1.60. The molecule has 6 heteroatoms. The van der Waals surface area contributed by atoms with E-state index in [1.165, 1.54) is 0 Å². The van der Waals surface area contributed by atoms with E-state index < -0.39 is 0 Å². The predicted octanol–water partition coefficient (Wildman–Crippen LogP) is 4.21. The molecule has 0 N–H and O–H groups in total. The van der Waals surface area contributed by atoms with Crippen molar-refractivity contribution >= 4 is 27.5 Å². The molecule has 1 aromatic carbocycles. The summed E-state index contributed by atoms with van der Waals surface area (Å²) < 4.78 is 6.22. The van der Waals surface area contributed by atoms with Crippen LogP contribution in [-0.4, -0.2) is 15.1 Å². The SMILES string of the molecule is Clc1ccc(-c2nc(-c3ccc(Br)cc3)no2)cn1. The molecule has 3 rings (SSSR count). The van der Waals surface area contributed by atoms with E-state index in [9.17, 15) is 0 Å². The Kier molecular flexibility index (Phi) is 3.31. The quantitative estimate of drug-likeness (QED) is 0.658. The molecule has 0 unspecified atom stereocenters. The Balaban J connectivity index is 1.95. The van der Waals surface area contributed by atoms with Crippen molar-refractivity contribution in [2.24, 2.45) is 0 Å². The van der Waals surface area contributed by atoms with Crippen molar-refractivity contribution in [3.8, 4) is 22.8 Å². The van der Waals surface area contributed by atoms with Crippen molar-refractivity contribution in [2.75, 3.05) is 0 Å². The lowest BCUT2D eigenvalue weighted by Crippen LogP contribution is -1.82. The molecule has 0 aliphatic rings. The van der Waals surface area contributed by atoms with E-state index >= 15 is 0 Å². The topological polar surface area (TPSA) is 51.8 Å². The zero-order chi connectivity index (χ0) is 13.2. The van der Waals surface area contributed by atoms with Crippen molar-refractivity contribution in [3.05, 3.63) is 52.2 Å². The third-order valence-corrected chi connectivity index (χ3v) is 3.26. The van der Waals surface area contributed by atoms with Crippen LogP contribution in [0.25, 0.3) is 22.8 Å². The molecule has 0 amide bonds. The number of aromatic nitrogens is 3. The van der Waals surface area contributed by atoms with Gasteiger partial charge in [-0.3, -0.25) is 0 Å². The monoisotopic (exact) mass is 335 g/mol. The number of hydrogen-bond donors (Lipinski definition) is 0. The summed E-state index contributed by atoms with van der Waals surface area (Å²) in [6, 6.07) is 11.1. The number of pyridine rings is 1. The second-order valence-corrected chi connectivity index (χ2v) is 5.10. The summed E-state index contributed by atoms with van der Waals surface area (Å²) in [5.41, 5.74) is 1.63. The summed E-state index contributed by atoms with van der Waals surface area (Å²) in [6.45, 7) is 0. The van der Waals surface area contributed by atoms with Crippen LogP contribution in [0, 0.1) is 0 Å². The van der Waals surface area contributed by atoms with Crippen molar-refractivity contribution in [2.45, 2.75) is 0 Å². The van der Waals surface area contributed by atoms with Crippen molar-refractivity contribution in [1.29, 1.82) is 0 Å². The Morgan fingerprint density at radius 3 is 2.42 bits per heavy atom. The zero-order valence-electron chi connectivity index (χ0n) is 9.55. The van der Waals surface area contributed by atoms with Crippen LogP contribution in [0.2, 0.25) is 5.15 Å². The number of benzene rings is 1. The molecule has 3 aromatic rings. The summed E-state index contributed by atoms with van der Waals surface area (Å²) in [5, 5.41) is 4.38. The van der Waals surface area contributed by atoms with Gasteiger partial charge in [0.25, 0.3) is 5.89 Å². The first-order chi connectivity index (χ1) is 9.22. The molecule has 2 heterocycles. The summed E-state index contributed by atoms with van der Waals surface area (Å²) in [5.74, 6) is 0.958. The average Bonchev–Trinajstić information content (AvgIpc) is 2.90. The van der Waals surface area contributed by atoms with E-state index in [2.05, 4.69) is 31.1 Å². The van der Waals surface area contributed by atoms with Gasteiger partial charge in [0.1, 0.15) is 5.15 Å². The zero-order valence-corrected chi connectivity index (χ0v) is 11.9. The highest BCUT2D eigenvalue weighted by molar-refractivity contribution is 9.10. The molecule has 0 radical (unpaired) electrons. The van der Waals surface area contributed by atoms with Gasteiger partial charge in [0.2, 0.25) is 5.82 Å². The van der Waals surface area contributed by atoms with Crippen LogP contribution in [0.5, 0.6) is 0 Å². The molecule has 94 valence electrons. The van der Waals surface area contributed by atoms with Gasteiger partial charge in [0.15, 0.2) is 0 Å². The third-order valence-electron chi connectivity index (χ3n) is 2.50. The Bertz CT molecular complexity index is 635. The Hall–Kier alpha value is -1.72. The van der Waals surface area contributed by atoms with Crippen LogP contribution >= 0.6 is 27.5 Å². The number of rotatable bonds is 2. The largest absolute Gasteiger partial charge is 0.334 e. The van der Waals surface area contributed by atoms with Crippen LogP contribution in [0.1, 0.15) is 0 Å². The Morgan fingerprint density at radius 1 is 1.00 bits per heavy atom. The molecule has 0 saturated heterocycles. The molecule has 19 heavy (non-hydrogen) atoms. The van der Waals surface area contributed by atoms with Gasteiger partial charge in [-0.1, -0.05) is 32.7 Å². The maximum absolute atomic E-state index is 5.73. The molecule has 2 aromatic heterocycles. The lowest BCUT2D eigenvalue weighted by atomic mass is 10.2. The molecule has 0 aliphatic heterocycles. The minimum atomic E-state index is 0.419. The minimum absolute atomic E-state index is 0.419. The highest BCUT2D eigenvalue weighted by atomic mass is 79.9. The highest BCUT2D eigenvalue weighted by Crippen LogP contribution is 2.23. The van der Waals surface area contributed by atoms with Crippen LogP contribution in [-0.2, 0) is 0 Å². The number of hydrogen-bond acceptors (Lipinski definition) is 4. The van der Waals surface area contributed by atoms with Gasteiger partial charge in [0, 0.05) is 16.2 Å². The molecule has 0 aliphatic carbocycles. The number of nitrogens with zero attached hydrogens (tertiary/aromatic N) is 3. The standard InChI is InChI=1S/C13H7BrClN3O/c14-10-4-1-8(2-5-10)12-17-13(19-18-12)9-3-6-11(15)16-7-9/h1-7H. The van der Waals surface area contributed by atoms with Gasteiger partial charge in [-0.25, -0.2) is 4.98 Å². The van der Waals surface area contributed by atoms with Crippen LogP contribution in [0.15, 0.2) is 51.6 Å². The molecule has 0 saturated carbocycles. The molecule has 0 spiro atoms. The molecule has 4 nitrogen and oxygen atoms in total. The van der Waals surface area contributed by atoms with Crippen molar-refractivity contribution in [3.63, 3.8) is 0 Å². The average molecular weight is 337 g/mol. The summed E-state index contributed by atoms with van der Waals surface area (Å²) in [4.78, 5) is 8.31. The van der Waals surface area contributed by atoms with Gasteiger partial charge >= 0.3 is 0 Å². The second-order valence-electron chi connectivity index (χ2n) is 3.80.